The molecular formula is C24H29FN6O2. The fraction of sp³-hybridized carbons (Fsp3) is 0.333. The van der Waals surface area contributed by atoms with Gasteiger partial charge in [0.25, 0.3) is 0 Å². The lowest BCUT2D eigenvalue weighted by Gasteiger charge is -2.24. The highest BCUT2D eigenvalue weighted by molar-refractivity contribution is 5.92. The van der Waals surface area contributed by atoms with E-state index >= 15 is 0 Å². The highest BCUT2D eigenvalue weighted by Crippen LogP contribution is 2.27. The second-order valence-electron chi connectivity index (χ2n) is 7.47. The highest BCUT2D eigenvalue weighted by atomic mass is 19.1. The van der Waals surface area contributed by atoms with Crippen molar-refractivity contribution in [3.05, 3.63) is 84.0 Å². The Labute approximate surface area is 192 Å². The van der Waals surface area contributed by atoms with Crippen LogP contribution in [0.1, 0.15) is 42.5 Å². The summed E-state index contributed by atoms with van der Waals surface area (Å²) in [5, 5.41) is 11.5. The van der Waals surface area contributed by atoms with Gasteiger partial charge >= 0.3 is 6.09 Å². The molecule has 9 heteroatoms. The number of nitrogens with one attached hydrogen (secondary N) is 3. The zero-order chi connectivity index (χ0) is 23.5. The average molecular weight is 453 g/mol. The van der Waals surface area contributed by atoms with E-state index in [2.05, 4.69) is 20.3 Å². The van der Waals surface area contributed by atoms with Gasteiger partial charge in [-0.05, 0) is 55.5 Å². The Balaban J connectivity index is 1.61. The first-order chi connectivity index (χ1) is 16.1. The van der Waals surface area contributed by atoms with E-state index in [9.17, 15) is 9.18 Å². The van der Waals surface area contributed by atoms with E-state index < -0.39 is 6.09 Å². The Bertz CT molecular complexity index is 996. The Morgan fingerprint density at radius 2 is 2.09 bits per heavy atom. The molecule has 3 N–H and O–H groups in total. The number of halogens is 1. The van der Waals surface area contributed by atoms with Gasteiger partial charge in [-0.1, -0.05) is 18.2 Å². The Morgan fingerprint density at radius 1 is 1.27 bits per heavy atom. The number of carbonyl (C=O) groups is 1. The number of hydrogen-bond donors (Lipinski definition) is 3. The Kier molecular flexibility index (Phi) is 8.93. The summed E-state index contributed by atoms with van der Waals surface area (Å²) in [4.78, 5) is 25.0. The normalized spacial score (nSPS) is 11.6. The number of hydrogen-bond acceptors (Lipinski definition) is 5. The van der Waals surface area contributed by atoms with Crippen molar-refractivity contribution in [2.75, 3.05) is 19.7 Å². The lowest BCUT2D eigenvalue weighted by molar-refractivity contribution is 0.126. The van der Waals surface area contributed by atoms with Crippen LogP contribution in [0.3, 0.4) is 0 Å². The zero-order valence-electron chi connectivity index (χ0n) is 18.6. The summed E-state index contributed by atoms with van der Waals surface area (Å²) in [5.41, 5.74) is 2.86. The van der Waals surface area contributed by atoms with Crippen LogP contribution in [0.15, 0.2) is 61.3 Å². The van der Waals surface area contributed by atoms with Crippen molar-refractivity contribution in [2.24, 2.45) is 0 Å². The van der Waals surface area contributed by atoms with E-state index in [0.717, 1.165) is 16.8 Å². The predicted molar refractivity (Wildman–Crippen MR) is 123 cm³/mol. The predicted octanol–water partition coefficient (Wildman–Crippen LogP) is 4.08. The van der Waals surface area contributed by atoms with Crippen molar-refractivity contribution in [1.82, 2.24) is 25.2 Å². The van der Waals surface area contributed by atoms with Crippen molar-refractivity contribution in [2.45, 2.75) is 32.1 Å². The number of ether oxygens (including phenoxy) is 1. The van der Waals surface area contributed by atoms with Gasteiger partial charge in [-0.15, -0.1) is 0 Å². The molecule has 0 bridgehead atoms. The molecule has 0 saturated carbocycles. The van der Waals surface area contributed by atoms with Crippen molar-refractivity contribution < 1.29 is 13.9 Å². The lowest BCUT2D eigenvalue weighted by atomic mass is 9.89. The molecule has 3 aromatic rings. The Morgan fingerprint density at radius 3 is 2.76 bits per heavy atom. The highest BCUT2D eigenvalue weighted by Gasteiger charge is 2.20. The van der Waals surface area contributed by atoms with Crippen LogP contribution in [0.4, 0.5) is 9.18 Å². The van der Waals surface area contributed by atoms with E-state index in [-0.39, 0.29) is 24.3 Å². The number of aromatic amines is 1. The molecule has 2 aromatic heterocycles. The summed E-state index contributed by atoms with van der Waals surface area (Å²) >= 11 is 0. The zero-order valence-corrected chi connectivity index (χ0v) is 18.6. The number of amides is 1. The molecule has 2 heterocycles. The minimum atomic E-state index is -0.556. The molecule has 1 aromatic carbocycles. The summed E-state index contributed by atoms with van der Waals surface area (Å²) in [7, 11) is 0. The number of aromatic nitrogens is 3. The van der Waals surface area contributed by atoms with Gasteiger partial charge in [-0.25, -0.2) is 19.1 Å². The SMILES string of the molecule is CCOC(=O)N(CCCc1c[nH]cn1)C(=N)NCCC(c1ccc(F)cc1)c1cccnc1. The molecule has 0 aliphatic carbocycles. The summed E-state index contributed by atoms with van der Waals surface area (Å²) < 4.78 is 18.6. The lowest BCUT2D eigenvalue weighted by Crippen LogP contribution is -2.45. The number of guanidine groups is 1. The molecule has 174 valence electrons. The van der Waals surface area contributed by atoms with Crippen LogP contribution < -0.4 is 5.32 Å². The molecule has 1 amide bonds. The van der Waals surface area contributed by atoms with Gasteiger partial charge in [0.15, 0.2) is 0 Å². The maximum absolute atomic E-state index is 13.4. The van der Waals surface area contributed by atoms with Crippen LogP contribution in [-0.2, 0) is 11.2 Å². The van der Waals surface area contributed by atoms with Crippen LogP contribution in [0.25, 0.3) is 0 Å². The third kappa shape index (κ3) is 7.13. The van der Waals surface area contributed by atoms with Gasteiger partial charge in [-0.3, -0.25) is 10.4 Å². The van der Waals surface area contributed by atoms with Crippen molar-refractivity contribution in [3.63, 3.8) is 0 Å². The van der Waals surface area contributed by atoms with Crippen molar-refractivity contribution in [3.8, 4) is 0 Å². The molecule has 1 atom stereocenters. The first-order valence-corrected chi connectivity index (χ1v) is 11.0. The number of aryl methyl sites for hydroxylation is 1. The standard InChI is InChI=1S/C24H29FN6O2/c1-2-33-24(32)31(14-4-6-21-16-28-17-30-21)23(26)29-13-11-22(19-5-3-12-27-15-19)18-7-9-20(25)10-8-18/h3,5,7-10,12,15-17,22H,2,4,6,11,13-14H2,1H3,(H2,26,29)(H,28,30). The van der Waals surface area contributed by atoms with Crippen molar-refractivity contribution >= 4 is 12.1 Å². The second kappa shape index (κ2) is 12.3. The number of H-pyrrole nitrogens is 1. The van der Waals surface area contributed by atoms with E-state index in [4.69, 9.17) is 10.1 Å². The fourth-order valence-electron chi connectivity index (χ4n) is 3.57. The minimum Gasteiger partial charge on any atom is -0.449 e. The number of rotatable bonds is 10. The third-order valence-electron chi connectivity index (χ3n) is 5.21. The molecule has 3 rings (SSSR count). The molecule has 1 unspecified atom stereocenters. The topological polar surface area (TPSA) is 107 Å². The molecule has 0 aliphatic heterocycles. The first-order valence-electron chi connectivity index (χ1n) is 11.0. The molecule has 0 radical (unpaired) electrons. The fourth-order valence-corrected chi connectivity index (χ4v) is 3.57. The molecule has 0 aliphatic rings. The summed E-state index contributed by atoms with van der Waals surface area (Å²) in [6.45, 7) is 2.74. The number of benzene rings is 1. The smallest absolute Gasteiger partial charge is 0.416 e. The van der Waals surface area contributed by atoms with E-state index in [1.807, 2.05) is 18.3 Å². The van der Waals surface area contributed by atoms with Gasteiger partial charge < -0.3 is 15.0 Å². The van der Waals surface area contributed by atoms with E-state index in [0.29, 0.717) is 32.4 Å². The Hall–Kier alpha value is -3.75. The molecule has 0 saturated heterocycles. The molecular weight excluding hydrogens is 423 g/mol. The number of nitrogens with zero attached hydrogens (tertiary/aromatic N) is 3. The van der Waals surface area contributed by atoms with E-state index in [1.54, 1.807) is 37.8 Å². The molecule has 0 fully saturated rings. The van der Waals surface area contributed by atoms with Gasteiger partial charge in [-0.2, -0.15) is 0 Å². The third-order valence-corrected chi connectivity index (χ3v) is 5.21. The number of pyridine rings is 1. The molecule has 33 heavy (non-hydrogen) atoms. The first kappa shape index (κ1) is 23.9. The average Bonchev–Trinajstić information content (AvgIpc) is 3.34. The van der Waals surface area contributed by atoms with Crippen LogP contribution in [0.5, 0.6) is 0 Å². The van der Waals surface area contributed by atoms with Crippen LogP contribution in [-0.4, -0.2) is 51.6 Å². The van der Waals surface area contributed by atoms with Crippen LogP contribution in [0.2, 0.25) is 0 Å². The number of carbonyl (C=O) groups excluding carboxylic acids is 1. The molecule has 0 spiro atoms. The van der Waals surface area contributed by atoms with Crippen LogP contribution >= 0.6 is 0 Å². The summed E-state index contributed by atoms with van der Waals surface area (Å²) in [6.07, 6.45) is 8.32. The van der Waals surface area contributed by atoms with Gasteiger partial charge in [0.1, 0.15) is 5.82 Å². The monoisotopic (exact) mass is 452 g/mol. The quantitative estimate of drug-likeness (QED) is 0.317. The summed E-state index contributed by atoms with van der Waals surface area (Å²) in [6, 6.07) is 10.2. The molecule has 8 nitrogen and oxygen atoms in total. The minimum absolute atomic E-state index is 0.0143. The van der Waals surface area contributed by atoms with Gasteiger partial charge in [0.2, 0.25) is 5.96 Å². The largest absolute Gasteiger partial charge is 0.449 e. The van der Waals surface area contributed by atoms with Gasteiger partial charge in [0.05, 0.1) is 18.6 Å². The summed E-state index contributed by atoms with van der Waals surface area (Å²) in [5.74, 6) is -0.335. The second-order valence-corrected chi connectivity index (χ2v) is 7.47. The maximum atomic E-state index is 13.4. The number of imidazole rings is 1. The van der Waals surface area contributed by atoms with E-state index in [1.165, 1.54) is 17.0 Å². The van der Waals surface area contributed by atoms with Crippen LogP contribution in [0, 0.1) is 11.2 Å². The maximum Gasteiger partial charge on any atom is 0.416 e. The van der Waals surface area contributed by atoms with Gasteiger partial charge in [0, 0.05) is 37.6 Å². The van der Waals surface area contributed by atoms with Crippen molar-refractivity contribution in [1.29, 1.82) is 5.41 Å².